The van der Waals surface area contributed by atoms with Crippen LogP contribution in [0.2, 0.25) is 0 Å². The first kappa shape index (κ1) is 15.9. The molecule has 3 heterocycles. The van der Waals surface area contributed by atoms with Gasteiger partial charge in [0.2, 0.25) is 0 Å². The molecule has 0 aliphatic rings. The molecule has 1 radical (unpaired) electrons. The summed E-state index contributed by atoms with van der Waals surface area (Å²) in [5.41, 5.74) is 5.39. The van der Waals surface area contributed by atoms with Crippen molar-refractivity contribution < 1.29 is 20.1 Å². The number of aromatic nitrogens is 3. The quantitative estimate of drug-likeness (QED) is 0.244. The number of rotatable bonds is 1. The molecule has 2 aromatic carbocycles. The Kier molecular flexibility index (Phi) is 3.87. The first-order chi connectivity index (χ1) is 11.8. The van der Waals surface area contributed by atoms with Gasteiger partial charge in [-0.05, 0) is 23.6 Å². The second-order valence-corrected chi connectivity index (χ2v) is 5.95. The molecule has 123 valence electrons. The minimum Gasteiger partial charge on any atom is -0.340 e. The maximum atomic E-state index is 4.59. The molecule has 0 saturated heterocycles. The van der Waals surface area contributed by atoms with Crippen molar-refractivity contribution in [3.63, 3.8) is 0 Å². The second-order valence-electron chi connectivity index (χ2n) is 5.95. The zero-order valence-electron chi connectivity index (χ0n) is 13.5. The molecule has 5 aromatic rings. The molecule has 4 heteroatoms. The summed E-state index contributed by atoms with van der Waals surface area (Å²) in [5, 5.41) is 3.39. The van der Waals surface area contributed by atoms with Gasteiger partial charge in [0.1, 0.15) is 0 Å². The van der Waals surface area contributed by atoms with Gasteiger partial charge in [0, 0.05) is 44.2 Å². The van der Waals surface area contributed by atoms with Crippen molar-refractivity contribution >= 4 is 27.3 Å². The van der Waals surface area contributed by atoms with Crippen LogP contribution in [-0.2, 0) is 20.1 Å². The Balaban J connectivity index is 0.00000157. The SMILES string of the molecule is Cc1c[c-]c2c(c1-c1ccccn1)c1ccccc1n1ccnc21.[Ir]. The minimum absolute atomic E-state index is 0. The Bertz CT molecular complexity index is 1210. The third-order valence-corrected chi connectivity index (χ3v) is 4.55. The number of fused-ring (bicyclic) bond motifs is 6. The van der Waals surface area contributed by atoms with Gasteiger partial charge in [0.25, 0.3) is 0 Å². The molecule has 0 aliphatic carbocycles. The van der Waals surface area contributed by atoms with E-state index in [9.17, 15) is 0 Å². The van der Waals surface area contributed by atoms with E-state index in [-0.39, 0.29) is 20.1 Å². The summed E-state index contributed by atoms with van der Waals surface area (Å²) in [6.07, 6.45) is 5.69. The molecular formula is C21H14IrN3-. The van der Waals surface area contributed by atoms with Crippen LogP contribution in [0.3, 0.4) is 0 Å². The summed E-state index contributed by atoms with van der Waals surface area (Å²) in [6.45, 7) is 2.12. The van der Waals surface area contributed by atoms with Crippen LogP contribution >= 0.6 is 0 Å². The van der Waals surface area contributed by atoms with E-state index in [1.54, 1.807) is 0 Å². The molecule has 0 fully saturated rings. The molecule has 0 atom stereocenters. The van der Waals surface area contributed by atoms with Crippen LogP contribution in [-0.4, -0.2) is 14.4 Å². The molecule has 0 saturated carbocycles. The Hall–Kier alpha value is -2.55. The summed E-state index contributed by atoms with van der Waals surface area (Å²) in [6, 6.07) is 20.0. The summed E-state index contributed by atoms with van der Waals surface area (Å²) in [5.74, 6) is 0. The Morgan fingerprint density at radius 3 is 2.64 bits per heavy atom. The fraction of sp³-hybridized carbons (Fsp3) is 0.0476. The first-order valence-corrected chi connectivity index (χ1v) is 7.95. The Labute approximate surface area is 158 Å². The second kappa shape index (κ2) is 6.07. The van der Waals surface area contributed by atoms with E-state index >= 15 is 0 Å². The fourth-order valence-corrected chi connectivity index (χ4v) is 3.51. The number of pyridine rings is 2. The van der Waals surface area contributed by atoms with Crippen LogP contribution < -0.4 is 0 Å². The standard InChI is InChI=1S/C21H14N3.Ir/c1-14-9-10-16-20(19(14)17-7-4-5-11-22-17)15-6-2-3-8-18(15)24-13-12-23-21(16)24;/h2-9,11-13H,1H3;/q-1;. The van der Waals surface area contributed by atoms with Gasteiger partial charge in [0.05, 0.1) is 11.3 Å². The smallest absolute Gasteiger partial charge is 0.0608 e. The Morgan fingerprint density at radius 2 is 1.80 bits per heavy atom. The molecule has 25 heavy (non-hydrogen) atoms. The van der Waals surface area contributed by atoms with E-state index in [0.717, 1.165) is 27.8 Å². The average Bonchev–Trinajstić information content (AvgIpc) is 3.12. The molecule has 0 spiro atoms. The van der Waals surface area contributed by atoms with Crippen molar-refractivity contribution in [3.05, 3.63) is 78.8 Å². The monoisotopic (exact) mass is 501 g/mol. The van der Waals surface area contributed by atoms with Gasteiger partial charge in [-0.1, -0.05) is 47.5 Å². The zero-order chi connectivity index (χ0) is 16.1. The zero-order valence-corrected chi connectivity index (χ0v) is 15.9. The normalized spacial score (nSPS) is 11.1. The van der Waals surface area contributed by atoms with Gasteiger partial charge in [-0.25, -0.2) is 0 Å². The van der Waals surface area contributed by atoms with Crippen molar-refractivity contribution in [2.45, 2.75) is 6.92 Å². The number of nitrogens with zero attached hydrogens (tertiary/aromatic N) is 3. The molecule has 5 rings (SSSR count). The van der Waals surface area contributed by atoms with Crippen molar-refractivity contribution in [2.75, 3.05) is 0 Å². The van der Waals surface area contributed by atoms with E-state index in [1.807, 2.05) is 36.8 Å². The van der Waals surface area contributed by atoms with Gasteiger partial charge >= 0.3 is 0 Å². The summed E-state index contributed by atoms with van der Waals surface area (Å²) in [4.78, 5) is 9.17. The van der Waals surface area contributed by atoms with Crippen LogP contribution in [0.1, 0.15) is 5.56 Å². The number of aryl methyl sites for hydroxylation is 1. The molecular weight excluding hydrogens is 486 g/mol. The topological polar surface area (TPSA) is 30.2 Å². The van der Waals surface area contributed by atoms with Crippen molar-refractivity contribution in [1.29, 1.82) is 0 Å². The molecule has 0 N–H and O–H groups in total. The van der Waals surface area contributed by atoms with E-state index in [4.69, 9.17) is 0 Å². The summed E-state index contributed by atoms with van der Waals surface area (Å²) < 4.78 is 2.13. The van der Waals surface area contributed by atoms with E-state index in [0.29, 0.717) is 0 Å². The number of benzene rings is 2. The van der Waals surface area contributed by atoms with Crippen LogP contribution in [0.5, 0.6) is 0 Å². The number of hydrogen-bond donors (Lipinski definition) is 0. The first-order valence-electron chi connectivity index (χ1n) is 7.95. The minimum atomic E-state index is 0. The maximum Gasteiger partial charge on any atom is 0.0608 e. The van der Waals surface area contributed by atoms with Gasteiger partial charge < -0.3 is 4.40 Å². The maximum absolute atomic E-state index is 4.59. The molecule has 3 aromatic heterocycles. The van der Waals surface area contributed by atoms with Crippen molar-refractivity contribution in [3.8, 4) is 11.3 Å². The van der Waals surface area contributed by atoms with Crippen molar-refractivity contribution in [1.82, 2.24) is 14.4 Å². The molecule has 0 bridgehead atoms. The van der Waals surface area contributed by atoms with Crippen LogP contribution in [0, 0.1) is 13.0 Å². The van der Waals surface area contributed by atoms with E-state index < -0.39 is 0 Å². The fourth-order valence-electron chi connectivity index (χ4n) is 3.51. The Morgan fingerprint density at radius 1 is 0.960 bits per heavy atom. The van der Waals surface area contributed by atoms with Crippen LogP contribution in [0.4, 0.5) is 0 Å². The largest absolute Gasteiger partial charge is 0.340 e. The van der Waals surface area contributed by atoms with Gasteiger partial charge in [-0.2, -0.15) is 0 Å². The summed E-state index contributed by atoms with van der Waals surface area (Å²) >= 11 is 0. The molecule has 0 unspecified atom stereocenters. The average molecular weight is 501 g/mol. The van der Waals surface area contributed by atoms with Gasteiger partial charge in [-0.3, -0.25) is 9.97 Å². The number of imidazole rings is 1. The predicted molar refractivity (Wildman–Crippen MR) is 97.0 cm³/mol. The number of hydrogen-bond acceptors (Lipinski definition) is 2. The predicted octanol–water partition coefficient (Wildman–Crippen LogP) is 4.81. The van der Waals surface area contributed by atoms with E-state index in [1.165, 1.54) is 16.3 Å². The molecule has 0 aliphatic heterocycles. The third kappa shape index (κ3) is 2.30. The van der Waals surface area contributed by atoms with Crippen molar-refractivity contribution in [2.24, 2.45) is 0 Å². The summed E-state index contributed by atoms with van der Waals surface area (Å²) in [7, 11) is 0. The van der Waals surface area contributed by atoms with Gasteiger partial charge in [0.15, 0.2) is 0 Å². The van der Waals surface area contributed by atoms with Crippen LogP contribution in [0.15, 0.2) is 67.1 Å². The number of para-hydroxylation sites is 1. The van der Waals surface area contributed by atoms with E-state index in [2.05, 4.69) is 57.7 Å². The molecule has 0 amide bonds. The molecule has 3 nitrogen and oxygen atoms in total. The van der Waals surface area contributed by atoms with Gasteiger partial charge in [-0.15, -0.1) is 17.7 Å². The third-order valence-electron chi connectivity index (χ3n) is 4.55. The van der Waals surface area contributed by atoms with Crippen LogP contribution in [0.25, 0.3) is 38.6 Å².